The van der Waals surface area contributed by atoms with E-state index in [0.29, 0.717) is 15.3 Å². The summed E-state index contributed by atoms with van der Waals surface area (Å²) in [5.41, 5.74) is 3.42. The lowest BCUT2D eigenvalue weighted by molar-refractivity contribution is -0.137. The molecule has 0 aliphatic heterocycles. The maximum atomic E-state index is 12.7. The Morgan fingerprint density at radius 2 is 1.88 bits per heavy atom. The lowest BCUT2D eigenvalue weighted by Gasteiger charge is -2.24. The highest BCUT2D eigenvalue weighted by Crippen LogP contribution is 2.35. The maximum Gasteiger partial charge on any atom is 0.417 e. The summed E-state index contributed by atoms with van der Waals surface area (Å²) in [4.78, 5) is 20.5. The molecule has 1 aliphatic carbocycles. The number of allylic oxidation sites excluding steroid dienone is 2. The summed E-state index contributed by atoms with van der Waals surface area (Å²) in [6.07, 6.45) is 1.07. The lowest BCUT2D eigenvalue weighted by atomic mass is 9.82. The fourth-order valence-electron chi connectivity index (χ4n) is 3.94. The van der Waals surface area contributed by atoms with Crippen LogP contribution in [-0.2, 0) is 11.0 Å². The smallest absolute Gasteiger partial charge is 0.340 e. The second-order valence-electron chi connectivity index (χ2n) is 8.10. The third kappa shape index (κ3) is 5.95. The highest BCUT2D eigenvalue weighted by atomic mass is 35.5. The molecular formula is C24H22ClF3N4OS. The molecule has 2 heterocycles. The van der Waals surface area contributed by atoms with Crippen molar-refractivity contribution in [1.82, 2.24) is 9.97 Å². The number of amides is 1. The van der Waals surface area contributed by atoms with Crippen molar-refractivity contribution in [3.05, 3.63) is 69.8 Å². The Kier molecular flexibility index (Phi) is 7.23. The minimum atomic E-state index is -4.41. The summed E-state index contributed by atoms with van der Waals surface area (Å²) in [5.74, 6) is 0.236. The Morgan fingerprint density at radius 1 is 1.12 bits per heavy atom. The quantitative estimate of drug-likeness (QED) is 0.375. The molecule has 0 radical (unpaired) electrons. The highest BCUT2D eigenvalue weighted by molar-refractivity contribution is 7.19. The van der Waals surface area contributed by atoms with Gasteiger partial charge in [0.1, 0.15) is 10.2 Å². The summed E-state index contributed by atoms with van der Waals surface area (Å²) >= 11 is 7.11. The second-order valence-corrected chi connectivity index (χ2v) is 9.76. The number of aromatic nitrogens is 2. The first-order chi connectivity index (χ1) is 16.2. The van der Waals surface area contributed by atoms with Gasteiger partial charge in [-0.15, -0.1) is 0 Å². The molecule has 178 valence electrons. The lowest BCUT2D eigenvalue weighted by Crippen LogP contribution is -2.25. The first kappa shape index (κ1) is 24.2. The van der Waals surface area contributed by atoms with E-state index < -0.39 is 11.7 Å². The number of carbonyl (C=O) groups is 1. The first-order valence-electron chi connectivity index (χ1n) is 10.7. The molecule has 1 aliphatic rings. The van der Waals surface area contributed by atoms with Gasteiger partial charge in [0.15, 0.2) is 5.13 Å². The van der Waals surface area contributed by atoms with Gasteiger partial charge in [-0.3, -0.25) is 4.79 Å². The van der Waals surface area contributed by atoms with Gasteiger partial charge in [-0.05, 0) is 68.0 Å². The van der Waals surface area contributed by atoms with Crippen LogP contribution >= 0.6 is 22.9 Å². The van der Waals surface area contributed by atoms with E-state index in [1.54, 1.807) is 0 Å². The zero-order valence-electron chi connectivity index (χ0n) is 18.2. The van der Waals surface area contributed by atoms with E-state index in [1.165, 1.54) is 29.2 Å². The number of nitrogens with one attached hydrogen (secondary N) is 2. The van der Waals surface area contributed by atoms with Crippen molar-refractivity contribution in [3.63, 3.8) is 0 Å². The molecule has 2 N–H and O–H groups in total. The Hall–Kier alpha value is -2.91. The molecule has 1 fully saturated rings. The highest BCUT2D eigenvalue weighted by Gasteiger charge is 2.30. The van der Waals surface area contributed by atoms with Gasteiger partial charge in [-0.2, -0.15) is 13.2 Å². The average Bonchev–Trinajstić information content (AvgIpc) is 3.23. The fraction of sp³-hybridized carbons (Fsp3) is 0.292. The van der Waals surface area contributed by atoms with Gasteiger partial charge >= 0.3 is 6.18 Å². The minimum absolute atomic E-state index is 0.0297. The van der Waals surface area contributed by atoms with E-state index in [-0.39, 0.29) is 11.8 Å². The van der Waals surface area contributed by atoms with E-state index in [2.05, 4.69) is 27.5 Å². The van der Waals surface area contributed by atoms with Crippen molar-refractivity contribution in [2.24, 2.45) is 5.92 Å². The topological polar surface area (TPSA) is 66.9 Å². The molecule has 10 heteroatoms. The number of hydrogen-bond donors (Lipinski definition) is 2. The predicted octanol–water partition coefficient (Wildman–Crippen LogP) is 7.56. The molecule has 3 aromatic rings. The summed E-state index contributed by atoms with van der Waals surface area (Å²) in [6, 6.07) is 10.00. The number of benzene rings is 1. The van der Waals surface area contributed by atoms with Crippen LogP contribution in [-0.4, -0.2) is 15.9 Å². The first-order valence-corrected chi connectivity index (χ1v) is 11.9. The van der Waals surface area contributed by atoms with Crippen molar-refractivity contribution in [3.8, 4) is 0 Å². The number of pyridine rings is 1. The van der Waals surface area contributed by atoms with Gasteiger partial charge < -0.3 is 10.6 Å². The molecule has 1 saturated carbocycles. The molecule has 0 saturated heterocycles. The maximum absolute atomic E-state index is 12.7. The number of thiazole rings is 1. The number of alkyl halides is 3. The second kappa shape index (κ2) is 10.1. The number of halogens is 4. The van der Waals surface area contributed by atoms with Crippen molar-refractivity contribution in [1.29, 1.82) is 0 Å². The number of hydrogen-bond acceptors (Lipinski definition) is 5. The van der Waals surface area contributed by atoms with E-state index in [1.807, 2.05) is 24.3 Å². The zero-order valence-corrected chi connectivity index (χ0v) is 19.8. The third-order valence-corrected chi connectivity index (χ3v) is 6.89. The molecule has 4 rings (SSSR count). The van der Waals surface area contributed by atoms with E-state index in [4.69, 9.17) is 11.6 Å². The third-order valence-electron chi connectivity index (χ3n) is 5.86. The van der Waals surface area contributed by atoms with Gasteiger partial charge in [0.05, 0.1) is 11.8 Å². The molecule has 2 aromatic heterocycles. The van der Waals surface area contributed by atoms with Crippen LogP contribution in [0.5, 0.6) is 0 Å². The van der Waals surface area contributed by atoms with Gasteiger partial charge in [0.25, 0.3) is 0 Å². The molecule has 34 heavy (non-hydrogen) atoms. The van der Waals surface area contributed by atoms with E-state index >= 15 is 0 Å². The molecule has 1 amide bonds. The number of nitrogens with zero attached hydrogens (tertiary/aromatic N) is 2. The number of carbonyl (C=O) groups excluding carboxylic acids is 1. The number of anilines is 3. The van der Waals surface area contributed by atoms with Crippen LogP contribution in [0.1, 0.15) is 43.7 Å². The minimum Gasteiger partial charge on any atom is -0.340 e. The van der Waals surface area contributed by atoms with Crippen LogP contribution < -0.4 is 10.6 Å². The monoisotopic (exact) mass is 506 g/mol. The van der Waals surface area contributed by atoms with Crippen molar-refractivity contribution < 1.29 is 18.0 Å². The molecule has 1 aromatic carbocycles. The van der Waals surface area contributed by atoms with Crippen molar-refractivity contribution in [2.45, 2.75) is 38.8 Å². The van der Waals surface area contributed by atoms with Gasteiger partial charge in [0, 0.05) is 17.8 Å². The Balaban J connectivity index is 1.39. The summed E-state index contributed by atoms with van der Waals surface area (Å²) in [6.45, 7) is 2.06. The Morgan fingerprint density at radius 3 is 2.50 bits per heavy atom. The SMILES string of the molecule is CC(=C1CCC(C(=O)Nc2ncc(Cl)s2)CC1)c1cccc(Nc2ccc(C(F)(F)F)cn2)c1. The predicted molar refractivity (Wildman–Crippen MR) is 129 cm³/mol. The van der Waals surface area contributed by atoms with Crippen LogP contribution in [0.25, 0.3) is 5.57 Å². The van der Waals surface area contributed by atoms with Crippen LogP contribution in [0.4, 0.5) is 29.8 Å². The zero-order chi connectivity index (χ0) is 24.3. The fourth-order valence-corrected chi connectivity index (χ4v) is 4.76. The molecule has 0 unspecified atom stereocenters. The van der Waals surface area contributed by atoms with Crippen LogP contribution in [0.2, 0.25) is 4.34 Å². The molecular weight excluding hydrogens is 485 g/mol. The summed E-state index contributed by atoms with van der Waals surface area (Å²) in [5, 5.41) is 6.41. The largest absolute Gasteiger partial charge is 0.417 e. The van der Waals surface area contributed by atoms with Crippen LogP contribution in [0.15, 0.2) is 54.4 Å². The molecule has 0 atom stereocenters. The van der Waals surface area contributed by atoms with Gasteiger partial charge in [-0.1, -0.05) is 40.6 Å². The van der Waals surface area contributed by atoms with Gasteiger partial charge in [-0.25, -0.2) is 9.97 Å². The van der Waals surface area contributed by atoms with Gasteiger partial charge in [0.2, 0.25) is 5.91 Å². The standard InChI is InChI=1S/C24H22ClF3N4OS/c1-14(15-5-7-16(8-6-15)22(33)32-23-30-13-20(25)34-23)17-3-2-4-19(11-17)31-21-10-9-18(12-29-21)24(26,27)28/h2-4,9-13,16H,5-8H2,1H3,(H,29,31)(H,30,32,33). The van der Waals surface area contributed by atoms with E-state index in [0.717, 1.165) is 54.8 Å². The molecule has 0 bridgehead atoms. The summed E-state index contributed by atoms with van der Waals surface area (Å²) < 4.78 is 38.7. The van der Waals surface area contributed by atoms with Crippen LogP contribution in [0, 0.1) is 5.92 Å². The normalized spacial score (nSPS) is 16.3. The molecule has 5 nitrogen and oxygen atoms in total. The Labute approximate surface area is 204 Å². The van der Waals surface area contributed by atoms with Crippen LogP contribution in [0.3, 0.4) is 0 Å². The number of rotatable bonds is 5. The Bertz CT molecular complexity index is 1200. The summed E-state index contributed by atoms with van der Waals surface area (Å²) in [7, 11) is 0. The van der Waals surface area contributed by atoms with Crippen molar-refractivity contribution in [2.75, 3.05) is 10.6 Å². The molecule has 0 spiro atoms. The van der Waals surface area contributed by atoms with Crippen molar-refractivity contribution >= 4 is 51.1 Å². The van der Waals surface area contributed by atoms with E-state index in [9.17, 15) is 18.0 Å². The average molecular weight is 507 g/mol.